The van der Waals surface area contributed by atoms with Crippen LogP contribution in [-0.2, 0) is 4.74 Å². The third-order valence-electron chi connectivity index (χ3n) is 1.48. The number of hydrogen-bond acceptors (Lipinski definition) is 4. The number of pyridine rings is 1. The van der Waals surface area contributed by atoms with Crippen LogP contribution in [0.25, 0.3) is 0 Å². The lowest BCUT2D eigenvalue weighted by Crippen LogP contribution is -2.01. The normalized spacial score (nSPS) is 13.1. The average Bonchev–Trinajstić information content (AvgIpc) is 2.25. The molecule has 0 aliphatic rings. The lowest BCUT2D eigenvalue weighted by Gasteiger charge is -2.12. The van der Waals surface area contributed by atoms with Crippen LogP contribution in [0.3, 0.4) is 0 Å². The Morgan fingerprint density at radius 2 is 2.27 bits per heavy atom. The molecule has 0 amide bonds. The lowest BCUT2D eigenvalue weighted by molar-refractivity contribution is 0.118. The molecule has 0 radical (unpaired) electrons. The van der Waals surface area contributed by atoms with Crippen molar-refractivity contribution in [3.63, 3.8) is 0 Å². The first-order valence-electron chi connectivity index (χ1n) is 4.77. The van der Waals surface area contributed by atoms with Gasteiger partial charge in [-0.2, -0.15) is 0 Å². The van der Waals surface area contributed by atoms with Crippen molar-refractivity contribution >= 4 is 28.3 Å². The van der Waals surface area contributed by atoms with E-state index in [-0.39, 0.29) is 7.12 Å². The molecule has 0 saturated heterocycles. The van der Waals surface area contributed by atoms with Gasteiger partial charge in [0.25, 0.3) is 0 Å². The lowest BCUT2D eigenvalue weighted by atomic mass is 10.5. The van der Waals surface area contributed by atoms with Gasteiger partial charge < -0.3 is 4.74 Å². The largest absolute Gasteiger partial charge is 0.373 e. The summed E-state index contributed by atoms with van der Waals surface area (Å²) in [5.74, 6) is 0. The Labute approximate surface area is 100 Å². The summed E-state index contributed by atoms with van der Waals surface area (Å²) in [7, 11) is 3.48. The van der Waals surface area contributed by atoms with Crippen molar-refractivity contribution in [1.82, 2.24) is 4.98 Å². The van der Waals surface area contributed by atoms with Gasteiger partial charge in [-0.25, -0.2) is 4.98 Å². The molecule has 1 aromatic heterocycles. The number of rotatable bonds is 6. The summed E-state index contributed by atoms with van der Waals surface area (Å²) < 4.78 is 5.57. The van der Waals surface area contributed by atoms with Crippen molar-refractivity contribution in [2.45, 2.75) is 25.0 Å². The van der Waals surface area contributed by atoms with Gasteiger partial charge in [0.05, 0.1) is 12.5 Å². The van der Waals surface area contributed by atoms with Crippen LogP contribution in [0.15, 0.2) is 29.4 Å². The molecule has 0 bridgehead atoms. The van der Waals surface area contributed by atoms with Gasteiger partial charge in [-0.15, -0.1) is 0 Å². The molecule has 0 aromatic carbocycles. The van der Waals surface area contributed by atoms with Crippen molar-refractivity contribution in [2.24, 2.45) is 0 Å². The second kappa shape index (κ2) is 7.50. The molecule has 0 aliphatic carbocycles. The summed E-state index contributed by atoms with van der Waals surface area (Å²) in [4.78, 5) is 4.26. The first-order valence-corrected chi connectivity index (χ1v) is 9.50. The predicted octanol–water partition coefficient (Wildman–Crippen LogP) is 4.23. The van der Waals surface area contributed by atoms with Crippen LogP contribution >= 0.6 is 28.3 Å². The Hall–Kier alpha value is 0.240. The SMILES string of the molecule is CC(C)OCP(C)SSc1ccccn1. The molecule has 1 rings (SSSR count). The molecule has 0 fully saturated rings. The molecule has 0 spiro atoms. The highest BCUT2D eigenvalue weighted by Crippen LogP contribution is 2.55. The molecule has 84 valence electrons. The number of hydrogen-bond donors (Lipinski definition) is 0. The summed E-state index contributed by atoms with van der Waals surface area (Å²) in [6.07, 6.45) is 3.01. The molecule has 2 nitrogen and oxygen atoms in total. The van der Waals surface area contributed by atoms with E-state index in [1.165, 1.54) is 0 Å². The van der Waals surface area contributed by atoms with Crippen molar-refractivity contribution < 1.29 is 4.74 Å². The summed E-state index contributed by atoms with van der Waals surface area (Å²) in [5.41, 5.74) is 0. The molecular weight excluding hydrogens is 245 g/mol. The fourth-order valence-electron chi connectivity index (χ4n) is 0.774. The average molecular weight is 261 g/mol. The van der Waals surface area contributed by atoms with Gasteiger partial charge in [-0.3, -0.25) is 0 Å². The van der Waals surface area contributed by atoms with Crippen molar-refractivity contribution in [3.8, 4) is 0 Å². The molecule has 0 saturated carbocycles. The van der Waals surface area contributed by atoms with E-state index in [1.54, 1.807) is 10.8 Å². The smallest absolute Gasteiger partial charge is 0.107 e. The molecular formula is C10H16NOPS2. The van der Waals surface area contributed by atoms with Gasteiger partial charge in [0, 0.05) is 6.20 Å². The molecule has 15 heavy (non-hydrogen) atoms. The van der Waals surface area contributed by atoms with E-state index in [9.17, 15) is 0 Å². The topological polar surface area (TPSA) is 22.1 Å². The first-order chi connectivity index (χ1) is 7.18. The van der Waals surface area contributed by atoms with Crippen molar-refractivity contribution in [2.75, 3.05) is 13.0 Å². The second-order valence-corrected chi connectivity index (χ2v) is 9.71. The predicted molar refractivity (Wildman–Crippen MR) is 71.6 cm³/mol. The van der Waals surface area contributed by atoms with Gasteiger partial charge in [-0.05, 0) is 50.6 Å². The highest BCUT2D eigenvalue weighted by molar-refractivity contribution is 8.98. The Morgan fingerprint density at radius 3 is 2.87 bits per heavy atom. The first kappa shape index (κ1) is 13.3. The Morgan fingerprint density at radius 1 is 1.47 bits per heavy atom. The van der Waals surface area contributed by atoms with Crippen LogP contribution in [-0.4, -0.2) is 24.1 Å². The minimum Gasteiger partial charge on any atom is -0.373 e. The molecule has 5 heteroatoms. The fourth-order valence-corrected chi connectivity index (χ4v) is 5.20. The van der Waals surface area contributed by atoms with E-state index in [0.717, 1.165) is 11.4 Å². The standard InChI is InChI=1S/C10H16NOPS2/c1-9(2)12-8-13(3)15-14-10-6-4-5-7-11-10/h4-7,9H,8H2,1-3H3. The molecule has 1 atom stereocenters. The fraction of sp³-hybridized carbons (Fsp3) is 0.500. The highest BCUT2D eigenvalue weighted by atomic mass is 33.3. The van der Waals surface area contributed by atoms with Gasteiger partial charge in [0.1, 0.15) is 5.03 Å². The summed E-state index contributed by atoms with van der Waals surface area (Å²) in [6.45, 7) is 6.37. The zero-order valence-corrected chi connectivity index (χ0v) is 11.7. The second-order valence-electron chi connectivity index (χ2n) is 3.30. The summed E-state index contributed by atoms with van der Waals surface area (Å²) >= 11 is 0. The van der Waals surface area contributed by atoms with Crippen molar-refractivity contribution in [1.29, 1.82) is 0 Å². The maximum absolute atomic E-state index is 5.57. The van der Waals surface area contributed by atoms with Crippen molar-refractivity contribution in [3.05, 3.63) is 24.4 Å². The molecule has 1 aromatic rings. The van der Waals surface area contributed by atoms with Crippen LogP contribution in [0.5, 0.6) is 0 Å². The maximum atomic E-state index is 5.57. The number of nitrogens with zero attached hydrogens (tertiary/aromatic N) is 1. The van der Waals surface area contributed by atoms with Gasteiger partial charge >= 0.3 is 0 Å². The van der Waals surface area contributed by atoms with Gasteiger partial charge in [0.2, 0.25) is 0 Å². The Balaban J connectivity index is 2.19. The Kier molecular flexibility index (Phi) is 6.66. The van der Waals surface area contributed by atoms with E-state index in [1.807, 2.05) is 34.8 Å². The van der Waals surface area contributed by atoms with E-state index in [0.29, 0.717) is 6.10 Å². The molecule has 1 heterocycles. The van der Waals surface area contributed by atoms with Gasteiger partial charge in [0.15, 0.2) is 0 Å². The van der Waals surface area contributed by atoms with E-state index < -0.39 is 0 Å². The van der Waals surface area contributed by atoms with Gasteiger partial charge in [-0.1, -0.05) is 16.5 Å². The zero-order valence-electron chi connectivity index (χ0n) is 9.21. The van der Waals surface area contributed by atoms with Crippen LogP contribution < -0.4 is 0 Å². The van der Waals surface area contributed by atoms with Crippen LogP contribution in [0, 0.1) is 0 Å². The third-order valence-corrected chi connectivity index (χ3v) is 7.51. The molecule has 0 N–H and O–H groups in total. The monoisotopic (exact) mass is 261 g/mol. The maximum Gasteiger partial charge on any atom is 0.107 e. The van der Waals surface area contributed by atoms with Crippen LogP contribution in [0.1, 0.15) is 13.8 Å². The Bertz CT molecular complexity index is 271. The highest BCUT2D eigenvalue weighted by Gasteiger charge is 2.05. The number of aromatic nitrogens is 1. The number of ether oxygens (including phenoxy) is 1. The summed E-state index contributed by atoms with van der Waals surface area (Å²) in [5, 5.41) is 1.07. The van der Waals surface area contributed by atoms with E-state index in [2.05, 4.69) is 25.5 Å². The zero-order chi connectivity index (χ0) is 11.1. The molecule has 1 unspecified atom stereocenters. The van der Waals surface area contributed by atoms with E-state index in [4.69, 9.17) is 4.74 Å². The minimum absolute atomic E-state index is 0.119. The van der Waals surface area contributed by atoms with Crippen LogP contribution in [0.2, 0.25) is 0 Å². The van der Waals surface area contributed by atoms with Crippen LogP contribution in [0.4, 0.5) is 0 Å². The molecule has 0 aliphatic heterocycles. The minimum atomic E-state index is -0.119. The van der Waals surface area contributed by atoms with E-state index >= 15 is 0 Å². The summed E-state index contributed by atoms with van der Waals surface area (Å²) in [6, 6.07) is 5.98. The third kappa shape index (κ3) is 6.41. The quantitative estimate of drug-likeness (QED) is 0.564.